The van der Waals surface area contributed by atoms with E-state index in [0.717, 1.165) is 21.7 Å². The van der Waals surface area contributed by atoms with E-state index in [9.17, 15) is 4.79 Å². The molecule has 1 unspecified atom stereocenters. The van der Waals surface area contributed by atoms with Gasteiger partial charge in [0.25, 0.3) is 0 Å². The number of para-hydroxylation sites is 1. The molecule has 0 fully saturated rings. The van der Waals surface area contributed by atoms with E-state index in [-0.39, 0.29) is 11.8 Å². The number of benzene rings is 2. The van der Waals surface area contributed by atoms with Gasteiger partial charge in [-0.3, -0.25) is 4.79 Å². The lowest BCUT2D eigenvalue weighted by atomic mass is 10.1. The molecule has 1 atom stereocenters. The average Bonchev–Trinajstić information content (AvgIpc) is 3.06. The van der Waals surface area contributed by atoms with Crippen molar-refractivity contribution in [3.63, 3.8) is 0 Å². The Hall–Kier alpha value is -2.60. The minimum Gasteiger partial charge on any atom is -0.494 e. The third-order valence-electron chi connectivity index (χ3n) is 3.86. The molecule has 0 bridgehead atoms. The normalized spacial score (nSPS) is 12.0. The molecule has 0 radical (unpaired) electrons. The number of nitrogens with one attached hydrogen (secondary N) is 1. The lowest BCUT2D eigenvalue weighted by Gasteiger charge is -2.12. The SMILES string of the molecule is CCOc1ccc(C(=O)C(C)Nc2nc3c(OCC)cccc3s2)cc1. The Morgan fingerprint density at radius 3 is 2.54 bits per heavy atom. The van der Waals surface area contributed by atoms with Gasteiger partial charge in [-0.05, 0) is 57.2 Å². The minimum absolute atomic E-state index is 0.0114. The van der Waals surface area contributed by atoms with Crippen LogP contribution in [0.4, 0.5) is 5.13 Å². The molecule has 5 nitrogen and oxygen atoms in total. The number of ether oxygens (including phenoxy) is 2. The monoisotopic (exact) mass is 370 g/mol. The van der Waals surface area contributed by atoms with Crippen LogP contribution < -0.4 is 14.8 Å². The second-order valence-corrected chi connectivity index (χ2v) is 6.77. The molecule has 3 aromatic rings. The Balaban J connectivity index is 1.74. The summed E-state index contributed by atoms with van der Waals surface area (Å²) in [5.74, 6) is 1.54. The van der Waals surface area contributed by atoms with Crippen molar-refractivity contribution < 1.29 is 14.3 Å². The molecule has 0 aliphatic heterocycles. The zero-order valence-corrected chi connectivity index (χ0v) is 15.9. The fraction of sp³-hybridized carbons (Fsp3) is 0.300. The van der Waals surface area contributed by atoms with E-state index in [0.29, 0.717) is 23.9 Å². The summed E-state index contributed by atoms with van der Waals surface area (Å²) in [6.45, 7) is 6.91. The smallest absolute Gasteiger partial charge is 0.184 e. The molecule has 1 N–H and O–H groups in total. The molecule has 0 saturated heterocycles. The van der Waals surface area contributed by atoms with Gasteiger partial charge in [0.15, 0.2) is 10.9 Å². The van der Waals surface area contributed by atoms with Crippen LogP contribution in [0.2, 0.25) is 0 Å². The van der Waals surface area contributed by atoms with E-state index < -0.39 is 0 Å². The number of fused-ring (bicyclic) bond motifs is 1. The first-order valence-electron chi connectivity index (χ1n) is 8.68. The van der Waals surface area contributed by atoms with E-state index >= 15 is 0 Å². The molecule has 1 aromatic heterocycles. The number of thiazole rings is 1. The molecule has 0 spiro atoms. The molecular formula is C20H22N2O3S. The predicted octanol–water partition coefficient (Wildman–Crippen LogP) is 4.78. The van der Waals surface area contributed by atoms with Crippen LogP contribution in [0.15, 0.2) is 42.5 Å². The van der Waals surface area contributed by atoms with Gasteiger partial charge in [-0.25, -0.2) is 4.98 Å². The Morgan fingerprint density at radius 2 is 1.85 bits per heavy atom. The van der Waals surface area contributed by atoms with Gasteiger partial charge in [0, 0.05) is 5.56 Å². The van der Waals surface area contributed by atoms with Crippen LogP contribution in [0.1, 0.15) is 31.1 Å². The summed E-state index contributed by atoms with van der Waals surface area (Å²) in [6, 6.07) is 12.7. The first-order valence-corrected chi connectivity index (χ1v) is 9.50. The highest BCUT2D eigenvalue weighted by Crippen LogP contribution is 2.32. The standard InChI is InChI=1S/C20H22N2O3S/c1-4-24-15-11-9-14(10-12-15)19(23)13(3)21-20-22-18-16(25-5-2)7-6-8-17(18)26-20/h6-13H,4-5H2,1-3H3,(H,21,22). The molecule has 0 aliphatic carbocycles. The lowest BCUT2D eigenvalue weighted by molar-refractivity contribution is 0.0975. The Kier molecular flexibility index (Phi) is 5.73. The molecule has 3 rings (SSSR count). The number of carbonyl (C=O) groups excluding carboxylic acids is 1. The van der Waals surface area contributed by atoms with Crippen LogP contribution in [0.5, 0.6) is 11.5 Å². The van der Waals surface area contributed by atoms with Gasteiger partial charge in [0.1, 0.15) is 17.0 Å². The summed E-state index contributed by atoms with van der Waals surface area (Å²) in [7, 11) is 0. The summed E-state index contributed by atoms with van der Waals surface area (Å²) < 4.78 is 12.1. The number of nitrogens with zero attached hydrogens (tertiary/aromatic N) is 1. The maximum atomic E-state index is 12.7. The van der Waals surface area contributed by atoms with Gasteiger partial charge in [-0.2, -0.15) is 0 Å². The molecule has 136 valence electrons. The fourth-order valence-corrected chi connectivity index (χ4v) is 3.61. The molecule has 2 aromatic carbocycles. The highest BCUT2D eigenvalue weighted by atomic mass is 32.1. The predicted molar refractivity (Wildman–Crippen MR) is 106 cm³/mol. The summed E-state index contributed by atoms with van der Waals surface area (Å²) in [5, 5.41) is 3.92. The van der Waals surface area contributed by atoms with Crippen molar-refractivity contribution in [3.8, 4) is 11.5 Å². The first-order chi connectivity index (χ1) is 12.6. The summed E-state index contributed by atoms with van der Waals surface area (Å²) in [4.78, 5) is 17.2. The topological polar surface area (TPSA) is 60.5 Å². The van der Waals surface area contributed by atoms with Gasteiger partial charge in [0.2, 0.25) is 0 Å². The van der Waals surface area contributed by atoms with Gasteiger partial charge in [0.05, 0.1) is 24.0 Å². The third-order valence-corrected chi connectivity index (χ3v) is 4.82. The third kappa shape index (κ3) is 3.96. The largest absolute Gasteiger partial charge is 0.494 e. The van der Waals surface area contributed by atoms with Gasteiger partial charge >= 0.3 is 0 Å². The van der Waals surface area contributed by atoms with E-state index in [1.165, 1.54) is 11.3 Å². The van der Waals surface area contributed by atoms with Crippen LogP contribution >= 0.6 is 11.3 Å². The van der Waals surface area contributed by atoms with Crippen molar-refractivity contribution >= 4 is 32.5 Å². The summed E-state index contributed by atoms with van der Waals surface area (Å²) in [5.41, 5.74) is 1.46. The average molecular weight is 370 g/mol. The van der Waals surface area contributed by atoms with Gasteiger partial charge in [-0.15, -0.1) is 0 Å². The Bertz CT molecular complexity index is 890. The number of Topliss-reactive ketones (excluding diaryl/α,β-unsaturated/α-hetero) is 1. The van der Waals surface area contributed by atoms with Crippen LogP contribution in [-0.2, 0) is 0 Å². The number of aromatic nitrogens is 1. The van der Waals surface area contributed by atoms with Crippen molar-refractivity contribution in [1.29, 1.82) is 0 Å². The molecule has 1 heterocycles. The molecule has 0 aliphatic rings. The van der Waals surface area contributed by atoms with Crippen LogP contribution in [0, 0.1) is 0 Å². The maximum Gasteiger partial charge on any atom is 0.184 e. The van der Waals surface area contributed by atoms with Crippen LogP contribution in [-0.4, -0.2) is 30.0 Å². The number of carbonyl (C=O) groups is 1. The van der Waals surface area contributed by atoms with Crippen molar-refractivity contribution in [1.82, 2.24) is 4.98 Å². The van der Waals surface area contributed by atoms with Crippen molar-refractivity contribution in [2.45, 2.75) is 26.8 Å². The molecule has 0 amide bonds. The number of hydrogen-bond acceptors (Lipinski definition) is 6. The quantitative estimate of drug-likeness (QED) is 0.578. The van der Waals surface area contributed by atoms with E-state index in [1.807, 2.05) is 51.1 Å². The van der Waals surface area contributed by atoms with Gasteiger partial charge < -0.3 is 14.8 Å². The Morgan fingerprint density at radius 1 is 1.12 bits per heavy atom. The fourth-order valence-electron chi connectivity index (χ4n) is 2.64. The van der Waals surface area contributed by atoms with E-state index in [1.54, 1.807) is 12.1 Å². The number of ketones is 1. The minimum atomic E-state index is -0.385. The zero-order chi connectivity index (χ0) is 18.5. The van der Waals surface area contributed by atoms with Crippen molar-refractivity contribution in [2.75, 3.05) is 18.5 Å². The van der Waals surface area contributed by atoms with E-state index in [2.05, 4.69) is 10.3 Å². The van der Waals surface area contributed by atoms with Crippen LogP contribution in [0.25, 0.3) is 10.2 Å². The first kappa shape index (κ1) is 18.2. The molecule has 0 saturated carbocycles. The number of rotatable bonds is 8. The Labute approximate surface area is 157 Å². The zero-order valence-electron chi connectivity index (χ0n) is 15.1. The maximum absolute atomic E-state index is 12.7. The van der Waals surface area contributed by atoms with Gasteiger partial charge in [-0.1, -0.05) is 17.4 Å². The highest BCUT2D eigenvalue weighted by Gasteiger charge is 2.17. The summed E-state index contributed by atoms with van der Waals surface area (Å²) in [6.07, 6.45) is 0. The van der Waals surface area contributed by atoms with E-state index in [4.69, 9.17) is 9.47 Å². The molecular weight excluding hydrogens is 348 g/mol. The van der Waals surface area contributed by atoms with Crippen molar-refractivity contribution in [3.05, 3.63) is 48.0 Å². The summed E-state index contributed by atoms with van der Waals surface area (Å²) >= 11 is 1.51. The number of hydrogen-bond donors (Lipinski definition) is 1. The second-order valence-electron chi connectivity index (χ2n) is 5.74. The number of anilines is 1. The molecule has 6 heteroatoms. The molecule has 26 heavy (non-hydrogen) atoms. The highest BCUT2D eigenvalue weighted by molar-refractivity contribution is 7.22. The second kappa shape index (κ2) is 8.19. The lowest BCUT2D eigenvalue weighted by Crippen LogP contribution is -2.26. The van der Waals surface area contributed by atoms with Crippen molar-refractivity contribution in [2.24, 2.45) is 0 Å². The van der Waals surface area contributed by atoms with Crippen LogP contribution in [0.3, 0.4) is 0 Å².